The zero-order valence-electron chi connectivity index (χ0n) is 26.3. The summed E-state index contributed by atoms with van der Waals surface area (Å²) < 4.78 is 68.5. The predicted octanol–water partition coefficient (Wildman–Crippen LogP) is 8.10. The molecule has 0 aromatic heterocycles. The first-order valence-corrected chi connectivity index (χ1v) is 18.5. The Morgan fingerprint density at radius 2 is 1.49 bits per heavy atom. The van der Waals surface area contributed by atoms with Crippen molar-refractivity contribution in [3.63, 3.8) is 0 Å². The summed E-state index contributed by atoms with van der Waals surface area (Å²) in [7, 11) is -9.84. The highest BCUT2D eigenvalue weighted by atomic mass is 32.2. The number of aromatic hydroxyl groups is 1. The quantitative estimate of drug-likeness (QED) is 0.0205. The molecule has 0 unspecified atom stereocenters. The van der Waals surface area contributed by atoms with Crippen molar-refractivity contribution in [3.05, 3.63) is 48.0 Å². The van der Waals surface area contributed by atoms with Crippen molar-refractivity contribution >= 4 is 60.2 Å². The smallest absolute Gasteiger partial charge is 0.296 e. The molecule has 0 heterocycles. The van der Waals surface area contributed by atoms with Crippen molar-refractivity contribution in [2.45, 2.75) is 100 Å². The second kappa shape index (κ2) is 17.8. The van der Waals surface area contributed by atoms with Crippen LogP contribution in [0.1, 0.15) is 89.5 Å². The molecular weight excluding hydrogens is 649 g/mol. The van der Waals surface area contributed by atoms with Crippen LogP contribution in [0.2, 0.25) is 0 Å². The fraction of sp³-hybridized carbons (Fsp3) is 0.438. The summed E-state index contributed by atoms with van der Waals surface area (Å²) in [5.74, 6) is -1.26. The Balaban J connectivity index is 1.92. The number of phenolic OH excluding ortho intramolecular Hbond substituents is 1. The maximum absolute atomic E-state index is 12.8. The lowest BCUT2D eigenvalue weighted by molar-refractivity contribution is -0.116. The van der Waals surface area contributed by atoms with E-state index in [0.717, 1.165) is 88.0 Å². The van der Waals surface area contributed by atoms with E-state index < -0.39 is 47.4 Å². The van der Waals surface area contributed by atoms with Gasteiger partial charge in [-0.15, -0.1) is 10.3 Å². The average Bonchev–Trinajstić information content (AvgIpc) is 3.01. The maximum Gasteiger partial charge on any atom is 0.296 e. The number of azo groups is 1. The normalized spacial score (nSPS) is 12.4. The van der Waals surface area contributed by atoms with Gasteiger partial charge >= 0.3 is 0 Å². The van der Waals surface area contributed by atoms with Gasteiger partial charge in [-0.05, 0) is 73.4 Å². The Labute approximate surface area is 275 Å². The SMILES string of the molecule is CCCCCCCCCC(=O)Nc1cc(S(=O)(=O)O)cc2cc(S(=O)(=O)O)c(N=Nc3ccc(CCCCC/C=N\O)cc3)c(O)c12. The molecule has 3 aromatic carbocycles. The number of rotatable bonds is 19. The van der Waals surface area contributed by atoms with Gasteiger partial charge in [-0.2, -0.15) is 21.9 Å². The standard InChI is InChI=1S/C32H42N4O9S2/c1-2-3-4-5-6-7-11-14-29(37)34-27-22-26(46(40,41)42)20-24-21-28(47(43,44)45)31(32(38)30(24)27)36-35-25-17-15-23(16-18-25)13-10-8-9-12-19-33-39/h15-22,38-39H,2-14H2,1H3,(H,34,37)(H,40,41,42)(H,43,44,45)/b33-19-,36-35?. The molecule has 0 saturated heterocycles. The van der Waals surface area contributed by atoms with E-state index >= 15 is 0 Å². The van der Waals surface area contributed by atoms with Gasteiger partial charge in [0.1, 0.15) is 10.6 Å². The van der Waals surface area contributed by atoms with E-state index in [1.165, 1.54) is 6.21 Å². The molecule has 0 fully saturated rings. The number of phenols is 1. The lowest BCUT2D eigenvalue weighted by Gasteiger charge is -2.15. The number of nitrogens with one attached hydrogen (secondary N) is 1. The highest BCUT2D eigenvalue weighted by Gasteiger charge is 2.26. The van der Waals surface area contributed by atoms with Crippen LogP contribution in [0.3, 0.4) is 0 Å². The Morgan fingerprint density at radius 1 is 0.830 bits per heavy atom. The summed E-state index contributed by atoms with van der Waals surface area (Å²) in [4.78, 5) is 11.3. The number of anilines is 1. The minimum absolute atomic E-state index is 0.107. The number of nitrogens with zero attached hydrogens (tertiary/aromatic N) is 3. The van der Waals surface area contributed by atoms with Crippen LogP contribution in [0.15, 0.2) is 67.6 Å². The van der Waals surface area contributed by atoms with Crippen molar-refractivity contribution in [2.24, 2.45) is 15.4 Å². The third-order valence-corrected chi connectivity index (χ3v) is 9.26. The summed E-state index contributed by atoms with van der Waals surface area (Å²) in [6.45, 7) is 2.13. The van der Waals surface area contributed by atoms with Gasteiger partial charge in [0.25, 0.3) is 20.2 Å². The Hall–Kier alpha value is -3.92. The van der Waals surface area contributed by atoms with Gasteiger partial charge in [-0.25, -0.2) is 0 Å². The molecule has 0 radical (unpaired) electrons. The first-order chi connectivity index (χ1) is 22.3. The van der Waals surface area contributed by atoms with E-state index in [9.17, 15) is 35.8 Å². The zero-order valence-corrected chi connectivity index (χ0v) is 27.9. The molecule has 47 heavy (non-hydrogen) atoms. The summed E-state index contributed by atoms with van der Waals surface area (Å²) in [5, 5.41) is 32.9. The van der Waals surface area contributed by atoms with Crippen molar-refractivity contribution in [1.29, 1.82) is 0 Å². The van der Waals surface area contributed by atoms with Gasteiger partial charge in [0, 0.05) is 18.0 Å². The first kappa shape index (κ1) is 37.5. The number of aryl methyl sites for hydroxylation is 1. The van der Waals surface area contributed by atoms with Gasteiger partial charge in [-0.3, -0.25) is 13.9 Å². The number of amides is 1. The minimum Gasteiger partial charge on any atom is -0.505 e. The molecule has 0 aliphatic heterocycles. The Kier molecular flexibility index (Phi) is 14.3. The maximum atomic E-state index is 12.8. The third-order valence-electron chi connectivity index (χ3n) is 7.56. The fourth-order valence-electron chi connectivity index (χ4n) is 5.09. The van der Waals surface area contributed by atoms with Crippen LogP contribution in [0.5, 0.6) is 5.75 Å². The number of oxime groups is 1. The molecule has 0 aliphatic carbocycles. The van der Waals surface area contributed by atoms with Crippen LogP contribution in [-0.4, -0.2) is 48.4 Å². The fourth-order valence-corrected chi connectivity index (χ4v) is 6.29. The zero-order chi connectivity index (χ0) is 34.5. The monoisotopic (exact) mass is 690 g/mol. The molecule has 0 saturated carbocycles. The molecule has 0 bridgehead atoms. The van der Waals surface area contributed by atoms with Crippen molar-refractivity contribution < 1.29 is 41.0 Å². The van der Waals surface area contributed by atoms with Crippen LogP contribution in [0.25, 0.3) is 10.8 Å². The number of hydrogen-bond acceptors (Lipinski definition) is 10. The lowest BCUT2D eigenvalue weighted by atomic mass is 10.1. The predicted molar refractivity (Wildman–Crippen MR) is 180 cm³/mol. The molecule has 0 atom stereocenters. The Morgan fingerprint density at radius 3 is 2.13 bits per heavy atom. The van der Waals surface area contributed by atoms with E-state index in [-0.39, 0.29) is 22.9 Å². The van der Waals surface area contributed by atoms with Gasteiger partial charge in [0.2, 0.25) is 5.91 Å². The van der Waals surface area contributed by atoms with Gasteiger partial charge in [0.05, 0.1) is 16.3 Å². The van der Waals surface area contributed by atoms with Crippen molar-refractivity contribution in [1.82, 2.24) is 0 Å². The van der Waals surface area contributed by atoms with Gasteiger partial charge in [0.15, 0.2) is 5.75 Å². The van der Waals surface area contributed by atoms with Crippen LogP contribution >= 0.6 is 0 Å². The van der Waals surface area contributed by atoms with Gasteiger partial charge in [-0.1, -0.05) is 64.0 Å². The van der Waals surface area contributed by atoms with Crippen LogP contribution in [-0.2, 0) is 31.5 Å². The molecule has 1 amide bonds. The summed E-state index contributed by atoms with van der Waals surface area (Å²) >= 11 is 0. The van der Waals surface area contributed by atoms with Crippen LogP contribution < -0.4 is 5.32 Å². The number of benzene rings is 3. The third kappa shape index (κ3) is 11.7. The number of unbranched alkanes of at least 4 members (excludes halogenated alkanes) is 9. The van der Waals surface area contributed by atoms with Crippen molar-refractivity contribution in [2.75, 3.05) is 5.32 Å². The second-order valence-electron chi connectivity index (χ2n) is 11.3. The van der Waals surface area contributed by atoms with Crippen molar-refractivity contribution in [3.8, 4) is 5.75 Å². The number of carbonyl (C=O) groups is 1. The molecular formula is C32H42N4O9S2. The van der Waals surface area contributed by atoms with Gasteiger partial charge < -0.3 is 15.6 Å². The molecule has 3 aromatic rings. The molecule has 13 nitrogen and oxygen atoms in total. The van der Waals surface area contributed by atoms with Crippen LogP contribution in [0.4, 0.5) is 17.1 Å². The van der Waals surface area contributed by atoms with E-state index in [4.69, 9.17) is 5.21 Å². The molecule has 15 heteroatoms. The largest absolute Gasteiger partial charge is 0.505 e. The number of hydrogen-bond donors (Lipinski definition) is 5. The molecule has 256 valence electrons. The Bertz CT molecular complexity index is 1790. The van der Waals surface area contributed by atoms with E-state index in [1.54, 1.807) is 12.1 Å². The van der Waals surface area contributed by atoms with E-state index in [2.05, 4.69) is 27.6 Å². The minimum atomic E-state index is -5.02. The summed E-state index contributed by atoms with van der Waals surface area (Å²) in [6.07, 6.45) is 12.6. The first-order valence-electron chi connectivity index (χ1n) is 15.6. The summed E-state index contributed by atoms with van der Waals surface area (Å²) in [5.41, 5.74) is 0.515. The molecule has 3 rings (SSSR count). The molecule has 0 aliphatic rings. The highest BCUT2D eigenvalue weighted by Crippen LogP contribution is 2.45. The lowest BCUT2D eigenvalue weighted by Crippen LogP contribution is -2.12. The molecule has 5 N–H and O–H groups in total. The van der Waals surface area contributed by atoms with E-state index in [0.29, 0.717) is 18.5 Å². The molecule has 0 spiro atoms. The number of carbonyl (C=O) groups excluding carboxylic acids is 1. The number of fused-ring (bicyclic) bond motifs is 1. The summed E-state index contributed by atoms with van der Waals surface area (Å²) in [6, 6.07) is 9.69. The second-order valence-corrected chi connectivity index (χ2v) is 14.1. The van der Waals surface area contributed by atoms with E-state index in [1.807, 2.05) is 12.1 Å². The van der Waals surface area contributed by atoms with Crippen LogP contribution in [0, 0.1) is 0 Å². The topological polar surface area (TPSA) is 215 Å². The average molecular weight is 691 g/mol. The highest BCUT2D eigenvalue weighted by molar-refractivity contribution is 7.86.